The third-order valence-electron chi connectivity index (χ3n) is 2.70. The van der Waals surface area contributed by atoms with E-state index in [0.717, 1.165) is 12.1 Å². The molecular weight excluding hydrogens is 228 g/mol. The summed E-state index contributed by atoms with van der Waals surface area (Å²) in [5.41, 5.74) is 2.01. The van der Waals surface area contributed by atoms with Gasteiger partial charge in [0.1, 0.15) is 0 Å². The van der Waals surface area contributed by atoms with Crippen LogP contribution < -0.4 is 10.6 Å². The molecule has 0 spiro atoms. The Labute approximate surface area is 109 Å². The van der Waals surface area contributed by atoms with Crippen LogP contribution in [0.3, 0.4) is 0 Å². The van der Waals surface area contributed by atoms with Gasteiger partial charge in [-0.25, -0.2) is 0 Å². The maximum Gasteiger partial charge on any atom is 0.238 e. The summed E-state index contributed by atoms with van der Waals surface area (Å²) in [5.74, 6) is -0.0249. The van der Waals surface area contributed by atoms with E-state index in [-0.39, 0.29) is 11.9 Å². The second kappa shape index (κ2) is 7.84. The Kier molecular flexibility index (Phi) is 6.39. The van der Waals surface area contributed by atoms with E-state index < -0.39 is 0 Å². The quantitative estimate of drug-likeness (QED) is 0.777. The van der Waals surface area contributed by atoms with Gasteiger partial charge in [0, 0.05) is 25.4 Å². The largest absolute Gasteiger partial charge is 0.385 e. The van der Waals surface area contributed by atoms with Crippen LogP contribution in [-0.2, 0) is 9.53 Å². The first-order chi connectivity index (χ1) is 8.61. The highest BCUT2D eigenvalue weighted by Crippen LogP contribution is 2.07. The van der Waals surface area contributed by atoms with Crippen molar-refractivity contribution >= 4 is 11.6 Å². The molecule has 0 bridgehead atoms. The maximum absolute atomic E-state index is 11.7. The fourth-order valence-electron chi connectivity index (χ4n) is 1.51. The summed E-state index contributed by atoms with van der Waals surface area (Å²) < 4.78 is 4.99. The van der Waals surface area contributed by atoms with Gasteiger partial charge in [-0.15, -0.1) is 0 Å². The molecule has 1 aromatic rings. The number of amides is 1. The van der Waals surface area contributed by atoms with Crippen LogP contribution in [0.1, 0.15) is 18.9 Å². The van der Waals surface area contributed by atoms with E-state index in [9.17, 15) is 4.79 Å². The van der Waals surface area contributed by atoms with E-state index in [1.54, 1.807) is 7.11 Å². The normalized spacial score (nSPS) is 12.2. The van der Waals surface area contributed by atoms with Gasteiger partial charge in [0.15, 0.2) is 0 Å². The van der Waals surface area contributed by atoms with Crippen LogP contribution in [0.2, 0.25) is 0 Å². The molecule has 0 aliphatic heterocycles. The number of anilines is 1. The Bertz CT molecular complexity index is 363. The maximum atomic E-state index is 11.7. The first kappa shape index (κ1) is 14.7. The highest BCUT2D eigenvalue weighted by Gasteiger charge is 2.05. The first-order valence-electron chi connectivity index (χ1n) is 6.20. The molecule has 0 aliphatic rings. The summed E-state index contributed by atoms with van der Waals surface area (Å²) in [6.07, 6.45) is 0.897. The summed E-state index contributed by atoms with van der Waals surface area (Å²) in [4.78, 5) is 11.7. The lowest BCUT2D eigenvalue weighted by atomic mass is 10.2. The number of hydrogen-bond donors (Lipinski definition) is 2. The minimum Gasteiger partial charge on any atom is -0.385 e. The Hall–Kier alpha value is -1.39. The first-order valence-corrected chi connectivity index (χ1v) is 6.20. The molecule has 1 amide bonds. The molecule has 1 unspecified atom stereocenters. The zero-order valence-corrected chi connectivity index (χ0v) is 11.3. The number of ether oxygens (including phenoxy) is 1. The summed E-state index contributed by atoms with van der Waals surface area (Å²) in [6, 6.07) is 8.03. The number of benzene rings is 1. The Morgan fingerprint density at radius 1 is 1.33 bits per heavy atom. The molecule has 1 aromatic carbocycles. The molecule has 0 saturated heterocycles. The summed E-state index contributed by atoms with van der Waals surface area (Å²) in [5, 5.41) is 6.00. The van der Waals surface area contributed by atoms with E-state index >= 15 is 0 Å². The van der Waals surface area contributed by atoms with Crippen molar-refractivity contribution in [3.8, 4) is 0 Å². The zero-order valence-electron chi connectivity index (χ0n) is 11.3. The van der Waals surface area contributed by atoms with Gasteiger partial charge in [-0.1, -0.05) is 17.7 Å². The predicted molar refractivity (Wildman–Crippen MR) is 73.8 cm³/mol. The molecular formula is C14H22N2O2. The lowest BCUT2D eigenvalue weighted by Crippen LogP contribution is -2.35. The van der Waals surface area contributed by atoms with Crippen molar-refractivity contribution in [3.63, 3.8) is 0 Å². The van der Waals surface area contributed by atoms with Gasteiger partial charge in [0.05, 0.1) is 6.54 Å². The SMILES string of the molecule is COCCC(C)NCC(=O)Nc1ccc(C)cc1. The van der Waals surface area contributed by atoms with Crippen molar-refractivity contribution in [2.24, 2.45) is 0 Å². The Morgan fingerprint density at radius 3 is 2.61 bits per heavy atom. The molecule has 2 N–H and O–H groups in total. The fourth-order valence-corrected chi connectivity index (χ4v) is 1.51. The van der Waals surface area contributed by atoms with Crippen LogP contribution in [0.5, 0.6) is 0 Å². The van der Waals surface area contributed by atoms with E-state index in [1.165, 1.54) is 5.56 Å². The van der Waals surface area contributed by atoms with Crippen molar-refractivity contribution in [2.45, 2.75) is 26.3 Å². The smallest absolute Gasteiger partial charge is 0.238 e. The van der Waals surface area contributed by atoms with Gasteiger partial charge >= 0.3 is 0 Å². The summed E-state index contributed by atoms with van der Waals surface area (Å²) in [7, 11) is 1.68. The number of aryl methyl sites for hydroxylation is 1. The zero-order chi connectivity index (χ0) is 13.4. The fraction of sp³-hybridized carbons (Fsp3) is 0.500. The summed E-state index contributed by atoms with van der Waals surface area (Å²) >= 11 is 0. The second-order valence-electron chi connectivity index (χ2n) is 4.48. The lowest BCUT2D eigenvalue weighted by molar-refractivity contribution is -0.115. The Morgan fingerprint density at radius 2 is 2.00 bits per heavy atom. The van der Waals surface area contributed by atoms with Crippen molar-refractivity contribution < 1.29 is 9.53 Å². The number of nitrogens with one attached hydrogen (secondary N) is 2. The van der Waals surface area contributed by atoms with E-state index in [2.05, 4.69) is 10.6 Å². The Balaban J connectivity index is 2.27. The molecule has 0 saturated carbocycles. The molecule has 4 nitrogen and oxygen atoms in total. The monoisotopic (exact) mass is 250 g/mol. The van der Waals surface area contributed by atoms with Gasteiger partial charge in [-0.2, -0.15) is 0 Å². The second-order valence-corrected chi connectivity index (χ2v) is 4.48. The molecule has 0 aliphatic carbocycles. The number of rotatable bonds is 7. The minimum absolute atomic E-state index is 0.0249. The standard InChI is InChI=1S/C14H22N2O2/c1-11-4-6-13(7-5-11)16-14(17)10-15-12(2)8-9-18-3/h4-7,12,15H,8-10H2,1-3H3,(H,16,17). The number of carbonyl (C=O) groups excluding carboxylic acids is 1. The number of carbonyl (C=O) groups is 1. The van der Waals surface area contributed by atoms with Crippen LogP contribution in [0, 0.1) is 6.92 Å². The minimum atomic E-state index is -0.0249. The van der Waals surface area contributed by atoms with Crippen LogP contribution in [0.15, 0.2) is 24.3 Å². The highest BCUT2D eigenvalue weighted by atomic mass is 16.5. The van der Waals surface area contributed by atoms with Crippen LogP contribution in [0.4, 0.5) is 5.69 Å². The average Bonchev–Trinajstić information content (AvgIpc) is 2.36. The molecule has 0 fully saturated rings. The number of hydrogen-bond acceptors (Lipinski definition) is 3. The molecule has 4 heteroatoms. The van der Waals surface area contributed by atoms with Crippen molar-refractivity contribution in [3.05, 3.63) is 29.8 Å². The molecule has 0 heterocycles. The van der Waals surface area contributed by atoms with Crippen molar-refractivity contribution in [1.29, 1.82) is 0 Å². The van der Waals surface area contributed by atoms with Crippen molar-refractivity contribution in [2.75, 3.05) is 25.6 Å². The molecule has 0 aromatic heterocycles. The van der Waals surface area contributed by atoms with Gasteiger partial charge in [0.25, 0.3) is 0 Å². The van der Waals surface area contributed by atoms with Gasteiger partial charge < -0.3 is 15.4 Å². The van der Waals surface area contributed by atoms with Crippen LogP contribution >= 0.6 is 0 Å². The molecule has 1 atom stereocenters. The van der Waals surface area contributed by atoms with Gasteiger partial charge in [-0.05, 0) is 32.4 Å². The van der Waals surface area contributed by atoms with Gasteiger partial charge in [0.2, 0.25) is 5.91 Å². The van der Waals surface area contributed by atoms with Crippen LogP contribution in [0.25, 0.3) is 0 Å². The van der Waals surface area contributed by atoms with E-state index in [0.29, 0.717) is 13.2 Å². The average molecular weight is 250 g/mol. The molecule has 1 rings (SSSR count). The van der Waals surface area contributed by atoms with Gasteiger partial charge in [-0.3, -0.25) is 4.79 Å². The highest BCUT2D eigenvalue weighted by molar-refractivity contribution is 5.92. The van der Waals surface area contributed by atoms with Crippen molar-refractivity contribution in [1.82, 2.24) is 5.32 Å². The van der Waals surface area contributed by atoms with Crippen LogP contribution in [-0.4, -0.2) is 32.2 Å². The van der Waals surface area contributed by atoms with E-state index in [4.69, 9.17) is 4.74 Å². The predicted octanol–water partition coefficient (Wildman–Crippen LogP) is 1.95. The topological polar surface area (TPSA) is 50.4 Å². The summed E-state index contributed by atoms with van der Waals surface area (Å²) in [6.45, 7) is 5.08. The van der Waals surface area contributed by atoms with E-state index in [1.807, 2.05) is 38.1 Å². The third kappa shape index (κ3) is 5.80. The number of methoxy groups -OCH3 is 1. The molecule has 18 heavy (non-hydrogen) atoms. The molecule has 100 valence electrons. The molecule has 0 radical (unpaired) electrons. The lowest BCUT2D eigenvalue weighted by Gasteiger charge is -2.13. The third-order valence-corrected chi connectivity index (χ3v) is 2.70.